The second-order valence-corrected chi connectivity index (χ2v) is 6.03. The van der Waals surface area contributed by atoms with Crippen LogP contribution in [0.4, 0.5) is 5.69 Å². The Labute approximate surface area is 148 Å². The number of hydrogen-bond acceptors (Lipinski definition) is 3. The smallest absolute Gasteiger partial charge is 0.255 e. The largest absolute Gasteiger partial charge is 0.496 e. The first-order valence-electron chi connectivity index (χ1n) is 8.21. The van der Waals surface area contributed by atoms with E-state index in [2.05, 4.69) is 10.6 Å². The topological polar surface area (TPSA) is 67.4 Å². The Bertz CT molecular complexity index is 761. The van der Waals surface area contributed by atoms with Gasteiger partial charge in [0.25, 0.3) is 5.91 Å². The van der Waals surface area contributed by atoms with Crippen LogP contribution in [0.2, 0.25) is 0 Å². The van der Waals surface area contributed by atoms with Crippen molar-refractivity contribution in [2.45, 2.75) is 27.2 Å². The van der Waals surface area contributed by atoms with E-state index >= 15 is 0 Å². The maximum atomic E-state index is 12.2. The molecule has 25 heavy (non-hydrogen) atoms. The molecule has 2 N–H and O–H groups in total. The van der Waals surface area contributed by atoms with Gasteiger partial charge in [-0.1, -0.05) is 29.8 Å². The zero-order valence-electron chi connectivity index (χ0n) is 15.1. The monoisotopic (exact) mass is 340 g/mol. The fraction of sp³-hybridized carbons (Fsp3) is 0.300. The summed E-state index contributed by atoms with van der Waals surface area (Å²) in [6, 6.07) is 11.1. The number of benzene rings is 2. The Balaban J connectivity index is 1.90. The third-order valence-corrected chi connectivity index (χ3v) is 3.93. The highest BCUT2D eigenvalue weighted by Crippen LogP contribution is 2.22. The van der Waals surface area contributed by atoms with Gasteiger partial charge in [-0.15, -0.1) is 0 Å². The van der Waals surface area contributed by atoms with Crippen LogP contribution in [0.15, 0.2) is 36.4 Å². The number of rotatable bonds is 6. The Hall–Kier alpha value is -2.82. The van der Waals surface area contributed by atoms with Crippen LogP contribution in [0.1, 0.15) is 33.5 Å². The number of hydrogen-bond donors (Lipinski definition) is 2. The second-order valence-electron chi connectivity index (χ2n) is 6.03. The molecule has 0 atom stereocenters. The quantitative estimate of drug-likeness (QED) is 0.847. The van der Waals surface area contributed by atoms with Gasteiger partial charge in [-0.2, -0.15) is 0 Å². The van der Waals surface area contributed by atoms with Crippen molar-refractivity contribution in [1.82, 2.24) is 5.32 Å². The minimum absolute atomic E-state index is 0.129. The van der Waals surface area contributed by atoms with E-state index in [1.165, 1.54) is 7.11 Å². The van der Waals surface area contributed by atoms with Crippen molar-refractivity contribution in [3.63, 3.8) is 0 Å². The van der Waals surface area contributed by atoms with E-state index in [0.29, 0.717) is 11.3 Å². The van der Waals surface area contributed by atoms with E-state index in [1.807, 2.05) is 32.9 Å². The Morgan fingerprint density at radius 3 is 2.32 bits per heavy atom. The number of para-hydroxylation sites is 1. The van der Waals surface area contributed by atoms with Gasteiger partial charge in [0.1, 0.15) is 5.75 Å². The highest BCUT2D eigenvalue weighted by Gasteiger charge is 2.12. The summed E-state index contributed by atoms with van der Waals surface area (Å²) < 4.78 is 5.17. The number of ether oxygens (including phenoxy) is 1. The fourth-order valence-electron chi connectivity index (χ4n) is 2.80. The lowest BCUT2D eigenvalue weighted by molar-refractivity contribution is -0.116. The van der Waals surface area contributed by atoms with Gasteiger partial charge in [-0.05, 0) is 44.0 Å². The Kier molecular flexibility index (Phi) is 6.17. The van der Waals surface area contributed by atoms with Crippen LogP contribution < -0.4 is 15.4 Å². The molecule has 0 heterocycles. The molecule has 5 heteroatoms. The highest BCUT2D eigenvalue weighted by molar-refractivity contribution is 5.97. The molecule has 2 rings (SSSR count). The molecule has 0 unspecified atom stereocenters. The number of aryl methyl sites for hydroxylation is 3. The number of amides is 2. The first kappa shape index (κ1) is 18.5. The van der Waals surface area contributed by atoms with Crippen molar-refractivity contribution < 1.29 is 14.3 Å². The van der Waals surface area contributed by atoms with E-state index in [0.717, 1.165) is 22.4 Å². The molecular weight excluding hydrogens is 316 g/mol. The van der Waals surface area contributed by atoms with Gasteiger partial charge in [0.05, 0.1) is 12.7 Å². The second kappa shape index (κ2) is 8.33. The number of nitrogens with one attached hydrogen (secondary N) is 2. The number of anilines is 1. The standard InChI is InChI=1S/C20H24N2O3/c1-13-11-14(2)19(15(3)12-13)22-18(23)9-10-21-20(24)16-7-5-6-8-17(16)25-4/h5-8,11-12H,9-10H2,1-4H3,(H,21,24)(H,22,23). The molecule has 0 aliphatic rings. The summed E-state index contributed by atoms with van der Waals surface area (Å²) in [5.74, 6) is 0.124. The van der Waals surface area contributed by atoms with Crippen LogP contribution in [0, 0.1) is 20.8 Å². The van der Waals surface area contributed by atoms with Gasteiger partial charge in [-0.25, -0.2) is 0 Å². The minimum Gasteiger partial charge on any atom is -0.496 e. The van der Waals surface area contributed by atoms with Gasteiger partial charge in [-0.3, -0.25) is 9.59 Å². The molecule has 132 valence electrons. The number of carbonyl (C=O) groups excluding carboxylic acids is 2. The summed E-state index contributed by atoms with van der Waals surface area (Å²) in [5.41, 5.74) is 4.52. The van der Waals surface area contributed by atoms with Crippen LogP contribution in [-0.4, -0.2) is 25.5 Å². The number of methoxy groups -OCH3 is 1. The summed E-state index contributed by atoms with van der Waals surface area (Å²) in [6.45, 7) is 6.23. The van der Waals surface area contributed by atoms with Crippen LogP contribution in [0.3, 0.4) is 0 Å². The molecule has 2 aromatic rings. The van der Waals surface area contributed by atoms with E-state index < -0.39 is 0 Å². The van der Waals surface area contributed by atoms with Crippen molar-refractivity contribution in [2.24, 2.45) is 0 Å². The average Bonchev–Trinajstić information content (AvgIpc) is 2.58. The SMILES string of the molecule is COc1ccccc1C(=O)NCCC(=O)Nc1c(C)cc(C)cc1C. The van der Waals surface area contributed by atoms with Crippen LogP contribution in [0.25, 0.3) is 0 Å². The lowest BCUT2D eigenvalue weighted by atomic mass is 10.1. The molecule has 0 saturated carbocycles. The molecule has 2 aromatic carbocycles. The van der Waals surface area contributed by atoms with Gasteiger partial charge < -0.3 is 15.4 Å². The molecule has 0 bridgehead atoms. The maximum Gasteiger partial charge on any atom is 0.255 e. The van der Waals surface area contributed by atoms with Crippen molar-refractivity contribution in [3.8, 4) is 5.75 Å². The summed E-state index contributed by atoms with van der Waals surface area (Å²) in [5, 5.41) is 5.68. The molecule has 0 fully saturated rings. The Morgan fingerprint density at radius 2 is 1.68 bits per heavy atom. The first-order valence-corrected chi connectivity index (χ1v) is 8.21. The van der Waals surface area contributed by atoms with Crippen molar-refractivity contribution in [3.05, 3.63) is 58.7 Å². The first-order chi connectivity index (χ1) is 11.9. The highest BCUT2D eigenvalue weighted by atomic mass is 16.5. The minimum atomic E-state index is -0.257. The van der Waals surface area contributed by atoms with Crippen LogP contribution in [0.5, 0.6) is 5.75 Å². The van der Waals surface area contributed by atoms with E-state index in [-0.39, 0.29) is 24.8 Å². The molecule has 0 saturated heterocycles. The van der Waals surface area contributed by atoms with Gasteiger partial charge in [0, 0.05) is 18.7 Å². The third-order valence-electron chi connectivity index (χ3n) is 3.93. The lowest BCUT2D eigenvalue weighted by Crippen LogP contribution is -2.28. The molecular formula is C20H24N2O3. The molecule has 5 nitrogen and oxygen atoms in total. The Morgan fingerprint density at radius 1 is 1.04 bits per heavy atom. The zero-order valence-corrected chi connectivity index (χ0v) is 15.1. The van der Waals surface area contributed by atoms with Gasteiger partial charge >= 0.3 is 0 Å². The molecule has 0 aliphatic heterocycles. The summed E-state index contributed by atoms with van der Waals surface area (Å²) in [6.07, 6.45) is 0.202. The zero-order chi connectivity index (χ0) is 18.4. The lowest BCUT2D eigenvalue weighted by Gasteiger charge is -2.13. The predicted molar refractivity (Wildman–Crippen MR) is 99.2 cm³/mol. The van der Waals surface area contributed by atoms with E-state index in [4.69, 9.17) is 4.74 Å². The number of carbonyl (C=O) groups is 2. The molecule has 0 radical (unpaired) electrons. The summed E-state index contributed by atoms with van der Waals surface area (Å²) >= 11 is 0. The maximum absolute atomic E-state index is 12.2. The normalized spacial score (nSPS) is 10.2. The van der Waals surface area contributed by atoms with Crippen LogP contribution >= 0.6 is 0 Å². The third kappa shape index (κ3) is 4.83. The van der Waals surface area contributed by atoms with Crippen molar-refractivity contribution in [2.75, 3.05) is 19.0 Å². The molecule has 2 amide bonds. The average molecular weight is 340 g/mol. The fourth-order valence-corrected chi connectivity index (χ4v) is 2.80. The van der Waals surface area contributed by atoms with Gasteiger partial charge in [0.15, 0.2) is 0 Å². The van der Waals surface area contributed by atoms with Crippen molar-refractivity contribution >= 4 is 17.5 Å². The van der Waals surface area contributed by atoms with E-state index in [9.17, 15) is 9.59 Å². The van der Waals surface area contributed by atoms with Gasteiger partial charge in [0.2, 0.25) is 5.91 Å². The molecule has 0 aliphatic carbocycles. The summed E-state index contributed by atoms with van der Waals surface area (Å²) in [7, 11) is 1.52. The van der Waals surface area contributed by atoms with E-state index in [1.54, 1.807) is 24.3 Å². The van der Waals surface area contributed by atoms with Crippen molar-refractivity contribution in [1.29, 1.82) is 0 Å². The molecule has 0 spiro atoms. The van der Waals surface area contributed by atoms with Crippen LogP contribution in [-0.2, 0) is 4.79 Å². The summed E-state index contributed by atoms with van der Waals surface area (Å²) in [4.78, 5) is 24.3. The predicted octanol–water partition coefficient (Wildman–Crippen LogP) is 3.38. The molecule has 0 aromatic heterocycles.